The van der Waals surface area contributed by atoms with Gasteiger partial charge < -0.3 is 20.3 Å². The van der Waals surface area contributed by atoms with E-state index in [1.54, 1.807) is 7.11 Å². The molecule has 162 valence electrons. The van der Waals surface area contributed by atoms with Crippen LogP contribution in [0.25, 0.3) is 0 Å². The molecule has 1 heterocycles. The van der Waals surface area contributed by atoms with Crippen LogP contribution in [0.1, 0.15) is 22.6 Å². The minimum Gasteiger partial charge on any atom is -0.496 e. The molecule has 7 nitrogen and oxygen atoms in total. The van der Waals surface area contributed by atoms with Gasteiger partial charge in [-0.2, -0.15) is 31.6 Å². The molecular weight excluding hydrogens is 414 g/mol. The average Bonchev–Trinajstić information content (AvgIpc) is 2.53. The van der Waals surface area contributed by atoms with Crippen molar-refractivity contribution in [1.29, 1.82) is 5.26 Å². The number of benzene rings is 1. The van der Waals surface area contributed by atoms with Gasteiger partial charge in [0.25, 0.3) is 0 Å². The summed E-state index contributed by atoms with van der Waals surface area (Å²) in [6.45, 7) is 3.84. The highest BCUT2D eigenvalue weighted by Crippen LogP contribution is 2.33. The van der Waals surface area contributed by atoms with Gasteiger partial charge in [0.2, 0.25) is 0 Å². The lowest BCUT2D eigenvalue weighted by Gasteiger charge is -2.30. The van der Waals surface area contributed by atoms with Crippen molar-refractivity contribution in [2.75, 3.05) is 20.2 Å². The topological polar surface area (TPSA) is 120 Å². The third kappa shape index (κ3) is 8.26. The van der Waals surface area contributed by atoms with Crippen molar-refractivity contribution in [3.05, 3.63) is 28.8 Å². The van der Waals surface area contributed by atoms with Crippen LogP contribution in [0, 0.1) is 18.3 Å². The molecule has 1 saturated heterocycles. The fourth-order valence-corrected chi connectivity index (χ4v) is 1.93. The lowest BCUT2D eigenvalue weighted by Crippen LogP contribution is -2.40. The van der Waals surface area contributed by atoms with Gasteiger partial charge in [0.15, 0.2) is 0 Å². The maximum atomic E-state index is 10.6. The molecule has 1 aliphatic heterocycles. The van der Waals surface area contributed by atoms with Crippen molar-refractivity contribution in [2.24, 2.45) is 0 Å². The second kappa shape index (κ2) is 10.5. The Morgan fingerprint density at radius 2 is 1.52 bits per heavy atom. The predicted molar refractivity (Wildman–Crippen MR) is 85.4 cm³/mol. The molecule has 1 aliphatic rings. The van der Waals surface area contributed by atoms with Crippen LogP contribution in [0.5, 0.6) is 5.75 Å². The number of alkyl halides is 6. The summed E-state index contributed by atoms with van der Waals surface area (Å²) >= 11 is 0. The van der Waals surface area contributed by atoms with Crippen molar-refractivity contribution in [1.82, 2.24) is 5.32 Å². The number of nitrogens with one attached hydrogen (secondary N) is 1. The number of carboxylic acid groups (broad SMARTS) is 2. The van der Waals surface area contributed by atoms with Gasteiger partial charge in [-0.1, -0.05) is 6.07 Å². The number of rotatable bonds is 2. The van der Waals surface area contributed by atoms with E-state index in [0.717, 1.165) is 35.5 Å². The molecule has 0 saturated carbocycles. The van der Waals surface area contributed by atoms with Gasteiger partial charge in [-0.15, -0.1) is 0 Å². The van der Waals surface area contributed by atoms with Crippen LogP contribution in [0.4, 0.5) is 26.3 Å². The molecule has 0 radical (unpaired) electrons. The summed E-state index contributed by atoms with van der Waals surface area (Å²) < 4.78 is 68.8. The van der Waals surface area contributed by atoms with Gasteiger partial charge in [-0.05, 0) is 18.6 Å². The number of hydrogen-bond acceptors (Lipinski definition) is 5. The van der Waals surface area contributed by atoms with E-state index in [0.29, 0.717) is 5.92 Å². The van der Waals surface area contributed by atoms with Crippen LogP contribution in [0.15, 0.2) is 12.1 Å². The molecule has 1 fully saturated rings. The zero-order chi connectivity index (χ0) is 23.0. The van der Waals surface area contributed by atoms with E-state index in [1.807, 2.05) is 19.1 Å². The SMILES string of the molecule is COc1ccc(C)c(C#N)c1C1CNC1.O=C(O)C(F)(F)F.O=C(O)C(F)(F)F. The van der Waals surface area contributed by atoms with Gasteiger partial charge in [0.1, 0.15) is 5.75 Å². The number of hydrogen-bond donors (Lipinski definition) is 3. The quantitative estimate of drug-likeness (QED) is 0.618. The van der Waals surface area contributed by atoms with Crippen molar-refractivity contribution >= 4 is 11.9 Å². The fourth-order valence-electron chi connectivity index (χ4n) is 1.93. The van der Waals surface area contributed by atoms with Crippen LogP contribution >= 0.6 is 0 Å². The van der Waals surface area contributed by atoms with Crippen molar-refractivity contribution in [3.63, 3.8) is 0 Å². The number of methoxy groups -OCH3 is 1. The highest BCUT2D eigenvalue weighted by Gasteiger charge is 2.38. The number of aliphatic carboxylic acids is 2. The summed E-state index contributed by atoms with van der Waals surface area (Å²) in [6.07, 6.45) is -10.2. The van der Waals surface area contributed by atoms with Gasteiger partial charge in [-0.25, -0.2) is 9.59 Å². The molecule has 0 unspecified atom stereocenters. The first-order chi connectivity index (χ1) is 13.2. The maximum Gasteiger partial charge on any atom is 0.490 e. The lowest BCUT2D eigenvalue weighted by atomic mass is 9.87. The number of halogens is 6. The Labute approximate surface area is 160 Å². The molecule has 29 heavy (non-hydrogen) atoms. The van der Waals surface area contributed by atoms with Gasteiger partial charge >= 0.3 is 24.3 Å². The Kier molecular flexibility index (Phi) is 9.42. The van der Waals surface area contributed by atoms with E-state index in [2.05, 4.69) is 11.4 Å². The molecule has 1 aromatic carbocycles. The second-order valence-corrected chi connectivity index (χ2v) is 5.45. The zero-order valence-corrected chi connectivity index (χ0v) is 15.0. The first kappa shape index (κ1) is 26.0. The van der Waals surface area contributed by atoms with Gasteiger partial charge in [-0.3, -0.25) is 0 Å². The number of nitrogens with zero attached hydrogens (tertiary/aromatic N) is 1. The Morgan fingerprint density at radius 3 is 1.76 bits per heavy atom. The molecule has 3 N–H and O–H groups in total. The summed E-state index contributed by atoms with van der Waals surface area (Å²) in [5.74, 6) is -4.25. The summed E-state index contributed by atoms with van der Waals surface area (Å²) in [5.41, 5.74) is 2.87. The normalized spacial score (nSPS) is 13.5. The van der Waals surface area contributed by atoms with Gasteiger partial charge in [0, 0.05) is 24.6 Å². The van der Waals surface area contributed by atoms with Crippen LogP contribution in [-0.2, 0) is 9.59 Å². The fraction of sp³-hybridized carbons (Fsp3) is 0.438. The molecule has 0 spiro atoms. The number of carboxylic acids is 2. The molecular formula is C16H16F6N2O5. The Morgan fingerprint density at radius 1 is 1.10 bits per heavy atom. The molecule has 0 aliphatic carbocycles. The van der Waals surface area contributed by atoms with Crippen LogP contribution in [0.2, 0.25) is 0 Å². The largest absolute Gasteiger partial charge is 0.496 e. The van der Waals surface area contributed by atoms with E-state index in [4.69, 9.17) is 29.8 Å². The smallest absolute Gasteiger partial charge is 0.490 e. The molecule has 2 rings (SSSR count). The van der Waals surface area contributed by atoms with E-state index in [1.165, 1.54) is 0 Å². The molecule has 0 aromatic heterocycles. The van der Waals surface area contributed by atoms with Crippen LogP contribution in [0.3, 0.4) is 0 Å². The summed E-state index contributed by atoms with van der Waals surface area (Å²) in [4.78, 5) is 17.8. The summed E-state index contributed by atoms with van der Waals surface area (Å²) in [5, 5.41) is 26.6. The third-order valence-electron chi connectivity index (χ3n) is 3.42. The van der Waals surface area contributed by atoms with Gasteiger partial charge in [0.05, 0.1) is 18.7 Å². The maximum absolute atomic E-state index is 10.6. The van der Waals surface area contributed by atoms with E-state index >= 15 is 0 Å². The number of nitriles is 1. The Balaban J connectivity index is 0.000000473. The first-order valence-electron chi connectivity index (χ1n) is 7.55. The Bertz CT molecular complexity index is 743. The molecule has 0 bridgehead atoms. The van der Waals surface area contributed by atoms with E-state index in [9.17, 15) is 26.3 Å². The standard InChI is InChI=1S/C12H14N2O.2C2HF3O2/c1-8-3-4-11(15-2)12(10(8)5-13)9-6-14-7-9;2*3-2(4,5)1(6)7/h3-4,9,14H,6-7H2,1-2H3;2*(H,6,7). The molecule has 1 aromatic rings. The number of ether oxygens (including phenoxy) is 1. The second-order valence-electron chi connectivity index (χ2n) is 5.45. The van der Waals surface area contributed by atoms with E-state index in [-0.39, 0.29) is 0 Å². The van der Waals surface area contributed by atoms with Crippen molar-refractivity contribution in [3.8, 4) is 11.8 Å². The van der Waals surface area contributed by atoms with Crippen LogP contribution in [-0.4, -0.2) is 54.7 Å². The predicted octanol–water partition coefficient (Wildman–Crippen LogP) is 2.83. The first-order valence-corrected chi connectivity index (χ1v) is 7.55. The summed E-state index contributed by atoms with van der Waals surface area (Å²) in [7, 11) is 1.65. The lowest BCUT2D eigenvalue weighted by molar-refractivity contribution is -0.193. The molecule has 13 heteroatoms. The summed E-state index contributed by atoms with van der Waals surface area (Å²) in [6, 6.07) is 6.17. The van der Waals surface area contributed by atoms with Crippen molar-refractivity contribution < 1.29 is 50.9 Å². The molecule has 0 atom stereocenters. The minimum absolute atomic E-state index is 0.425. The Hall–Kier alpha value is -3.01. The number of aryl methyl sites for hydroxylation is 1. The van der Waals surface area contributed by atoms with Crippen LogP contribution < -0.4 is 10.1 Å². The zero-order valence-electron chi connectivity index (χ0n) is 15.0. The van der Waals surface area contributed by atoms with E-state index < -0.39 is 24.3 Å². The number of carbonyl (C=O) groups is 2. The average molecular weight is 430 g/mol. The highest BCUT2D eigenvalue weighted by molar-refractivity contribution is 5.73. The minimum atomic E-state index is -5.08. The molecule has 0 amide bonds. The van der Waals surface area contributed by atoms with Crippen molar-refractivity contribution in [2.45, 2.75) is 25.2 Å². The highest BCUT2D eigenvalue weighted by atomic mass is 19.4. The third-order valence-corrected chi connectivity index (χ3v) is 3.42. The monoisotopic (exact) mass is 430 g/mol.